The van der Waals surface area contributed by atoms with Gasteiger partial charge in [0, 0.05) is 0 Å². The van der Waals surface area contributed by atoms with Crippen molar-refractivity contribution >= 4 is 23.2 Å². The van der Waals surface area contributed by atoms with E-state index in [2.05, 4.69) is 5.32 Å². The summed E-state index contributed by atoms with van der Waals surface area (Å²) in [6.45, 7) is 2.12. The first-order chi connectivity index (χ1) is 8.36. The van der Waals surface area contributed by atoms with Crippen LogP contribution in [0, 0.1) is 0 Å². The molecule has 0 saturated carbocycles. The van der Waals surface area contributed by atoms with Gasteiger partial charge in [-0.1, -0.05) is 42.3 Å². The number of halogens is 5. The third kappa shape index (κ3) is 4.34. The molecule has 0 aliphatic heterocycles. The molecule has 1 unspecified atom stereocenters. The van der Waals surface area contributed by atoms with E-state index >= 15 is 0 Å². The molecule has 6 heteroatoms. The molecular formula is C12H14Cl2F3N. The van der Waals surface area contributed by atoms with E-state index in [0.29, 0.717) is 18.5 Å². The van der Waals surface area contributed by atoms with Crippen LogP contribution in [0.25, 0.3) is 0 Å². The van der Waals surface area contributed by atoms with Crippen molar-refractivity contribution in [1.82, 2.24) is 5.32 Å². The van der Waals surface area contributed by atoms with E-state index in [4.69, 9.17) is 23.2 Å². The lowest BCUT2D eigenvalue weighted by Gasteiger charge is -2.22. The summed E-state index contributed by atoms with van der Waals surface area (Å²) in [7, 11) is 0. The molecule has 18 heavy (non-hydrogen) atoms. The van der Waals surface area contributed by atoms with Crippen molar-refractivity contribution in [2.75, 3.05) is 6.54 Å². The molecule has 0 bridgehead atoms. The van der Waals surface area contributed by atoms with Crippen LogP contribution in [-0.2, 0) is 6.42 Å². The highest BCUT2D eigenvalue weighted by atomic mass is 35.5. The fourth-order valence-corrected chi connectivity index (χ4v) is 1.95. The Balaban J connectivity index is 2.86. The van der Waals surface area contributed by atoms with Crippen molar-refractivity contribution in [3.63, 3.8) is 0 Å². The van der Waals surface area contributed by atoms with E-state index in [1.807, 2.05) is 6.92 Å². The van der Waals surface area contributed by atoms with E-state index in [9.17, 15) is 13.2 Å². The van der Waals surface area contributed by atoms with E-state index < -0.39 is 12.2 Å². The maximum atomic E-state index is 12.8. The van der Waals surface area contributed by atoms with E-state index in [1.54, 1.807) is 18.2 Å². The largest absolute Gasteiger partial charge is 0.404 e. The predicted octanol–water partition coefficient (Wildman–Crippen LogP) is 4.47. The summed E-state index contributed by atoms with van der Waals surface area (Å²) in [4.78, 5) is 0. The fraction of sp³-hybridized carbons (Fsp3) is 0.500. The first-order valence-corrected chi connectivity index (χ1v) is 6.34. The van der Waals surface area contributed by atoms with Crippen LogP contribution >= 0.6 is 23.2 Å². The monoisotopic (exact) mass is 299 g/mol. The summed E-state index contributed by atoms with van der Waals surface area (Å²) in [6.07, 6.45) is -3.89. The van der Waals surface area contributed by atoms with Gasteiger partial charge in [0.05, 0.1) is 10.0 Å². The number of hydrogen-bond acceptors (Lipinski definition) is 1. The lowest BCUT2D eigenvalue weighted by molar-refractivity contribution is -0.155. The Bertz CT molecular complexity index is 393. The van der Waals surface area contributed by atoms with Gasteiger partial charge in [0.1, 0.15) is 6.04 Å². The van der Waals surface area contributed by atoms with Crippen LogP contribution in [0.5, 0.6) is 0 Å². The average Bonchev–Trinajstić information content (AvgIpc) is 2.28. The van der Waals surface area contributed by atoms with E-state index in [1.165, 1.54) is 0 Å². The van der Waals surface area contributed by atoms with Gasteiger partial charge < -0.3 is 5.32 Å². The van der Waals surface area contributed by atoms with Gasteiger partial charge in [-0.3, -0.25) is 0 Å². The van der Waals surface area contributed by atoms with Gasteiger partial charge in [0.15, 0.2) is 0 Å². The highest BCUT2D eigenvalue weighted by molar-refractivity contribution is 6.42. The molecule has 0 radical (unpaired) electrons. The molecule has 0 fully saturated rings. The summed E-state index contributed by atoms with van der Waals surface area (Å²) < 4.78 is 38.5. The number of benzene rings is 1. The van der Waals surface area contributed by atoms with Gasteiger partial charge >= 0.3 is 6.18 Å². The second-order valence-electron chi connectivity index (χ2n) is 3.97. The molecule has 0 amide bonds. The second-order valence-corrected chi connectivity index (χ2v) is 4.75. The molecule has 0 spiro atoms. The van der Waals surface area contributed by atoms with Crippen molar-refractivity contribution in [3.05, 3.63) is 33.8 Å². The first kappa shape index (κ1) is 15.6. The molecule has 0 aliphatic carbocycles. The van der Waals surface area contributed by atoms with Crippen LogP contribution in [-0.4, -0.2) is 18.8 Å². The Morgan fingerprint density at radius 3 is 2.50 bits per heavy atom. The Hall–Kier alpha value is -0.450. The first-order valence-electron chi connectivity index (χ1n) is 5.59. The molecule has 0 saturated heterocycles. The minimum Gasteiger partial charge on any atom is -0.306 e. The zero-order chi connectivity index (χ0) is 13.8. The maximum Gasteiger partial charge on any atom is 0.404 e. The molecule has 1 rings (SSSR count). The Morgan fingerprint density at radius 2 is 1.94 bits per heavy atom. The Labute approximate surface area is 114 Å². The number of rotatable bonds is 5. The summed E-state index contributed by atoms with van der Waals surface area (Å²) in [5, 5.41) is 2.93. The van der Waals surface area contributed by atoms with Crippen molar-refractivity contribution < 1.29 is 13.2 Å². The van der Waals surface area contributed by atoms with Crippen molar-refractivity contribution in [3.8, 4) is 0 Å². The van der Waals surface area contributed by atoms with Gasteiger partial charge in [-0.05, 0) is 31.0 Å². The molecule has 1 aromatic carbocycles. The van der Waals surface area contributed by atoms with Crippen molar-refractivity contribution in [2.45, 2.75) is 32.0 Å². The third-order valence-electron chi connectivity index (χ3n) is 2.49. The van der Waals surface area contributed by atoms with Crippen LogP contribution < -0.4 is 5.32 Å². The normalized spacial score (nSPS) is 13.7. The van der Waals surface area contributed by atoms with Crippen LogP contribution in [0.3, 0.4) is 0 Å². The van der Waals surface area contributed by atoms with Crippen LogP contribution in [0.4, 0.5) is 13.2 Å². The molecule has 1 nitrogen and oxygen atoms in total. The number of hydrogen-bond donors (Lipinski definition) is 1. The molecule has 1 aromatic rings. The summed E-state index contributed by atoms with van der Waals surface area (Å²) in [5.74, 6) is 0. The molecule has 102 valence electrons. The average molecular weight is 300 g/mol. The van der Waals surface area contributed by atoms with Gasteiger partial charge in [0.25, 0.3) is 0 Å². The van der Waals surface area contributed by atoms with Crippen LogP contribution in [0.1, 0.15) is 18.9 Å². The molecule has 0 heterocycles. The van der Waals surface area contributed by atoms with Gasteiger partial charge in [-0.2, -0.15) is 13.2 Å². The second kappa shape index (κ2) is 6.64. The van der Waals surface area contributed by atoms with Gasteiger partial charge in [-0.25, -0.2) is 0 Å². The van der Waals surface area contributed by atoms with Crippen molar-refractivity contribution in [1.29, 1.82) is 0 Å². The van der Waals surface area contributed by atoms with E-state index in [0.717, 1.165) is 0 Å². The smallest absolute Gasteiger partial charge is 0.306 e. The van der Waals surface area contributed by atoms with Gasteiger partial charge in [-0.15, -0.1) is 0 Å². The van der Waals surface area contributed by atoms with E-state index in [-0.39, 0.29) is 16.5 Å². The molecule has 1 N–H and O–H groups in total. The zero-order valence-electron chi connectivity index (χ0n) is 9.82. The summed E-state index contributed by atoms with van der Waals surface area (Å²) in [6, 6.07) is 3.10. The van der Waals surface area contributed by atoms with Crippen LogP contribution in [0.2, 0.25) is 10.0 Å². The topological polar surface area (TPSA) is 12.0 Å². The SMILES string of the molecule is CCCNC(Cc1cccc(Cl)c1Cl)C(F)(F)F. The van der Waals surface area contributed by atoms with Crippen LogP contribution in [0.15, 0.2) is 18.2 Å². The maximum absolute atomic E-state index is 12.8. The summed E-state index contributed by atoms with van der Waals surface area (Å²) in [5.41, 5.74) is 0.398. The highest BCUT2D eigenvalue weighted by Gasteiger charge is 2.39. The zero-order valence-corrected chi connectivity index (χ0v) is 11.3. The minimum absolute atomic E-state index is 0.187. The van der Waals surface area contributed by atoms with Crippen molar-refractivity contribution in [2.24, 2.45) is 0 Å². The predicted molar refractivity (Wildman–Crippen MR) is 68.3 cm³/mol. The molecule has 0 aromatic heterocycles. The molecule has 0 aliphatic rings. The number of alkyl halides is 3. The standard InChI is InChI=1S/C12H14Cl2F3N/c1-2-6-18-10(12(15,16)17)7-8-4-3-5-9(13)11(8)14/h3-5,10,18H,2,6-7H2,1H3. The quantitative estimate of drug-likeness (QED) is 0.846. The highest BCUT2D eigenvalue weighted by Crippen LogP contribution is 2.30. The summed E-state index contributed by atoms with van der Waals surface area (Å²) >= 11 is 11.7. The third-order valence-corrected chi connectivity index (χ3v) is 3.35. The lowest BCUT2D eigenvalue weighted by atomic mass is 10.1. The fourth-order valence-electron chi connectivity index (χ4n) is 1.55. The minimum atomic E-state index is -4.30. The Morgan fingerprint density at radius 1 is 1.28 bits per heavy atom. The lowest BCUT2D eigenvalue weighted by Crippen LogP contribution is -2.44. The number of nitrogens with one attached hydrogen (secondary N) is 1. The Kier molecular flexibility index (Phi) is 5.76. The molecular weight excluding hydrogens is 286 g/mol. The van der Waals surface area contributed by atoms with Gasteiger partial charge in [0.2, 0.25) is 0 Å². The molecule has 1 atom stereocenters.